The maximum atomic E-state index is 5.65. The Bertz CT molecular complexity index is 339. The Morgan fingerprint density at radius 2 is 2.29 bits per heavy atom. The molecule has 1 rings (SSSR count). The molecule has 2 heteroatoms. The Labute approximate surface area is 85.1 Å². The Morgan fingerprint density at radius 3 is 3.00 bits per heavy atom. The Kier molecular flexibility index (Phi) is 3.87. The van der Waals surface area contributed by atoms with Crippen molar-refractivity contribution in [3.8, 4) is 18.1 Å². The number of nitrogens with two attached hydrogens (primary N) is 1. The van der Waals surface area contributed by atoms with Gasteiger partial charge in [0.2, 0.25) is 0 Å². The van der Waals surface area contributed by atoms with Gasteiger partial charge in [-0.1, -0.05) is 6.07 Å². The molecule has 0 aromatic heterocycles. The van der Waals surface area contributed by atoms with Crippen LogP contribution in [0.25, 0.3) is 0 Å². The molecule has 1 aromatic carbocycles. The summed E-state index contributed by atoms with van der Waals surface area (Å²) in [5.41, 5.74) is 7.47. The molecule has 0 atom stereocenters. The summed E-state index contributed by atoms with van der Waals surface area (Å²) in [4.78, 5) is 0. The number of terminal acetylenes is 1. The molecule has 0 aliphatic rings. The number of nitrogen functional groups attached to an aromatic ring is 1. The first-order valence-electron chi connectivity index (χ1n) is 4.66. The Morgan fingerprint density at radius 1 is 1.50 bits per heavy atom. The van der Waals surface area contributed by atoms with Gasteiger partial charge in [-0.15, -0.1) is 12.3 Å². The molecule has 0 saturated carbocycles. The molecule has 0 radical (unpaired) electrons. The summed E-state index contributed by atoms with van der Waals surface area (Å²) < 4.78 is 5.54. The molecule has 0 spiro atoms. The van der Waals surface area contributed by atoms with Crippen LogP contribution in [0.4, 0.5) is 5.69 Å². The maximum absolute atomic E-state index is 5.65. The van der Waals surface area contributed by atoms with Crippen molar-refractivity contribution in [1.82, 2.24) is 0 Å². The molecule has 0 fully saturated rings. The van der Waals surface area contributed by atoms with Crippen LogP contribution in [0.15, 0.2) is 18.2 Å². The lowest BCUT2D eigenvalue weighted by molar-refractivity contribution is 0.311. The van der Waals surface area contributed by atoms with E-state index in [-0.39, 0.29) is 0 Å². The van der Waals surface area contributed by atoms with Crippen LogP contribution < -0.4 is 10.5 Å². The number of aryl methyl sites for hydroxylation is 1. The molecule has 0 bridgehead atoms. The molecule has 0 unspecified atom stereocenters. The third kappa shape index (κ3) is 3.02. The topological polar surface area (TPSA) is 35.2 Å². The van der Waals surface area contributed by atoms with Crippen LogP contribution >= 0.6 is 0 Å². The fourth-order valence-corrected chi connectivity index (χ4v) is 1.13. The van der Waals surface area contributed by atoms with Gasteiger partial charge in [-0.2, -0.15) is 0 Å². The lowest BCUT2D eigenvalue weighted by Gasteiger charge is -2.08. The zero-order valence-corrected chi connectivity index (χ0v) is 8.42. The zero-order chi connectivity index (χ0) is 10.4. The standard InChI is InChI=1S/C12H15NO/c1-3-4-5-8-14-12-9-11(13)7-6-10(12)2/h1,6-7,9H,4-5,8,13H2,2H3. The number of rotatable bonds is 4. The van der Waals surface area contributed by atoms with Gasteiger partial charge in [0.1, 0.15) is 5.75 Å². The van der Waals surface area contributed by atoms with Crippen LogP contribution in [0, 0.1) is 19.3 Å². The van der Waals surface area contributed by atoms with Crippen LogP contribution in [0.5, 0.6) is 5.75 Å². The summed E-state index contributed by atoms with van der Waals surface area (Å²) in [7, 11) is 0. The van der Waals surface area contributed by atoms with Gasteiger partial charge >= 0.3 is 0 Å². The molecule has 0 aliphatic heterocycles. The van der Waals surface area contributed by atoms with Crippen molar-refractivity contribution in [2.24, 2.45) is 0 Å². The van der Waals surface area contributed by atoms with Gasteiger partial charge in [-0.05, 0) is 25.0 Å². The van der Waals surface area contributed by atoms with E-state index in [2.05, 4.69) is 5.92 Å². The minimum Gasteiger partial charge on any atom is -0.493 e. The smallest absolute Gasteiger partial charge is 0.124 e. The molecular weight excluding hydrogens is 174 g/mol. The highest BCUT2D eigenvalue weighted by molar-refractivity contribution is 5.47. The SMILES string of the molecule is C#CCCCOc1cc(N)ccc1C. The Hall–Kier alpha value is -1.62. The average molecular weight is 189 g/mol. The van der Waals surface area contributed by atoms with Crippen molar-refractivity contribution >= 4 is 5.69 Å². The normalized spacial score (nSPS) is 9.43. The first kappa shape index (κ1) is 10.5. The molecule has 0 heterocycles. The average Bonchev–Trinajstić information content (AvgIpc) is 2.18. The van der Waals surface area contributed by atoms with Gasteiger partial charge in [0.05, 0.1) is 6.61 Å². The number of benzene rings is 1. The van der Waals surface area contributed by atoms with Gasteiger partial charge in [-0.3, -0.25) is 0 Å². The molecule has 0 aliphatic carbocycles. The van der Waals surface area contributed by atoms with E-state index in [1.807, 2.05) is 25.1 Å². The summed E-state index contributed by atoms with van der Waals surface area (Å²) >= 11 is 0. The van der Waals surface area contributed by atoms with Crippen molar-refractivity contribution < 1.29 is 4.74 Å². The molecule has 0 saturated heterocycles. The highest BCUT2D eigenvalue weighted by Crippen LogP contribution is 2.20. The van der Waals surface area contributed by atoms with Gasteiger partial charge < -0.3 is 10.5 Å². The van der Waals surface area contributed by atoms with Crippen LogP contribution in [0.1, 0.15) is 18.4 Å². The predicted molar refractivity (Wildman–Crippen MR) is 59.2 cm³/mol. The minimum absolute atomic E-state index is 0.647. The fraction of sp³-hybridized carbons (Fsp3) is 0.333. The summed E-state index contributed by atoms with van der Waals surface area (Å²) in [6.07, 6.45) is 6.77. The van der Waals surface area contributed by atoms with Gasteiger partial charge in [0.25, 0.3) is 0 Å². The van der Waals surface area contributed by atoms with Crippen LogP contribution in [-0.2, 0) is 0 Å². The maximum Gasteiger partial charge on any atom is 0.124 e. The quantitative estimate of drug-likeness (QED) is 0.448. The molecular formula is C12H15NO. The number of hydrogen-bond acceptors (Lipinski definition) is 2. The molecule has 2 N–H and O–H groups in total. The monoisotopic (exact) mass is 189 g/mol. The van der Waals surface area contributed by atoms with Crippen molar-refractivity contribution in [2.45, 2.75) is 19.8 Å². The van der Waals surface area contributed by atoms with Crippen LogP contribution in [-0.4, -0.2) is 6.61 Å². The van der Waals surface area contributed by atoms with Crippen molar-refractivity contribution in [3.05, 3.63) is 23.8 Å². The summed E-state index contributed by atoms with van der Waals surface area (Å²) in [5, 5.41) is 0. The second-order valence-corrected chi connectivity index (χ2v) is 3.18. The van der Waals surface area contributed by atoms with Crippen molar-refractivity contribution in [3.63, 3.8) is 0 Å². The second-order valence-electron chi connectivity index (χ2n) is 3.18. The number of anilines is 1. The fourth-order valence-electron chi connectivity index (χ4n) is 1.13. The van der Waals surface area contributed by atoms with E-state index >= 15 is 0 Å². The molecule has 0 amide bonds. The van der Waals surface area contributed by atoms with Crippen LogP contribution in [0.2, 0.25) is 0 Å². The van der Waals surface area contributed by atoms with Crippen molar-refractivity contribution in [1.29, 1.82) is 0 Å². The summed E-state index contributed by atoms with van der Waals surface area (Å²) in [6, 6.07) is 5.65. The van der Waals surface area contributed by atoms with Gasteiger partial charge in [0, 0.05) is 18.2 Å². The highest BCUT2D eigenvalue weighted by atomic mass is 16.5. The van der Waals surface area contributed by atoms with E-state index in [4.69, 9.17) is 16.9 Å². The van der Waals surface area contributed by atoms with E-state index in [0.717, 1.165) is 29.8 Å². The molecule has 74 valence electrons. The minimum atomic E-state index is 0.647. The molecule has 1 aromatic rings. The zero-order valence-electron chi connectivity index (χ0n) is 8.42. The first-order valence-corrected chi connectivity index (χ1v) is 4.66. The molecule has 2 nitrogen and oxygen atoms in total. The largest absolute Gasteiger partial charge is 0.493 e. The van der Waals surface area contributed by atoms with Crippen LogP contribution in [0.3, 0.4) is 0 Å². The first-order chi connectivity index (χ1) is 6.74. The lowest BCUT2D eigenvalue weighted by atomic mass is 10.2. The lowest BCUT2D eigenvalue weighted by Crippen LogP contribution is -1.99. The highest BCUT2D eigenvalue weighted by Gasteiger charge is 1.98. The van der Waals surface area contributed by atoms with Crippen molar-refractivity contribution in [2.75, 3.05) is 12.3 Å². The third-order valence-corrected chi connectivity index (χ3v) is 1.94. The third-order valence-electron chi connectivity index (χ3n) is 1.94. The molecule has 14 heavy (non-hydrogen) atoms. The second kappa shape index (κ2) is 5.18. The number of ether oxygens (including phenoxy) is 1. The van der Waals surface area contributed by atoms with E-state index in [9.17, 15) is 0 Å². The Balaban J connectivity index is 2.50. The van der Waals surface area contributed by atoms with Gasteiger partial charge in [-0.25, -0.2) is 0 Å². The van der Waals surface area contributed by atoms with E-state index in [1.165, 1.54) is 0 Å². The summed E-state index contributed by atoms with van der Waals surface area (Å²) in [6.45, 7) is 2.64. The van der Waals surface area contributed by atoms with Gasteiger partial charge in [0.15, 0.2) is 0 Å². The van der Waals surface area contributed by atoms with E-state index < -0.39 is 0 Å². The number of hydrogen-bond donors (Lipinski definition) is 1. The summed E-state index contributed by atoms with van der Waals surface area (Å²) in [5.74, 6) is 3.42. The predicted octanol–water partition coefficient (Wildman–Crippen LogP) is 2.37. The number of unbranched alkanes of at least 4 members (excludes halogenated alkanes) is 1. The van der Waals surface area contributed by atoms with E-state index in [0.29, 0.717) is 6.61 Å². The van der Waals surface area contributed by atoms with E-state index in [1.54, 1.807) is 0 Å².